The molecule has 72 valence electrons. The second kappa shape index (κ2) is 3.29. The number of hydrogen-bond acceptors (Lipinski definition) is 5. The first-order valence-electron chi connectivity index (χ1n) is 3.58. The molecule has 0 radical (unpaired) electrons. The van der Waals surface area contributed by atoms with Crippen molar-refractivity contribution >= 4 is 10.1 Å². The highest BCUT2D eigenvalue weighted by Crippen LogP contribution is 2.07. The van der Waals surface area contributed by atoms with Gasteiger partial charge in [0.15, 0.2) is 0 Å². The highest BCUT2D eigenvalue weighted by atomic mass is 32.2. The number of rotatable bonds is 2. The van der Waals surface area contributed by atoms with Crippen molar-refractivity contribution in [2.45, 2.75) is 13.8 Å². The Bertz CT molecular complexity index is 393. The number of hydrogen-bond donors (Lipinski definition) is 0. The van der Waals surface area contributed by atoms with Gasteiger partial charge in [0.1, 0.15) is 0 Å². The van der Waals surface area contributed by atoms with Crippen LogP contribution in [0.5, 0.6) is 6.01 Å². The molecule has 0 saturated heterocycles. The minimum atomic E-state index is -3.54. The Balaban J connectivity index is 3.03. The van der Waals surface area contributed by atoms with Gasteiger partial charge in [-0.25, -0.2) is 0 Å². The molecule has 0 atom stereocenters. The quantitative estimate of drug-likeness (QED) is 0.650. The van der Waals surface area contributed by atoms with Gasteiger partial charge in [-0.05, 0) is 19.9 Å². The van der Waals surface area contributed by atoms with Crippen molar-refractivity contribution in [2.24, 2.45) is 0 Å². The molecule has 0 aromatic carbocycles. The summed E-state index contributed by atoms with van der Waals surface area (Å²) in [6.45, 7) is 3.48. The first-order chi connectivity index (χ1) is 5.87. The van der Waals surface area contributed by atoms with Crippen molar-refractivity contribution < 1.29 is 12.6 Å². The van der Waals surface area contributed by atoms with Crippen LogP contribution >= 0.6 is 0 Å². The van der Waals surface area contributed by atoms with E-state index in [2.05, 4.69) is 14.2 Å². The normalized spacial score (nSPS) is 11.3. The van der Waals surface area contributed by atoms with E-state index in [4.69, 9.17) is 0 Å². The maximum absolute atomic E-state index is 10.7. The highest BCUT2D eigenvalue weighted by Gasteiger charge is 2.07. The fourth-order valence-corrected chi connectivity index (χ4v) is 1.21. The topological polar surface area (TPSA) is 69.2 Å². The summed E-state index contributed by atoms with van der Waals surface area (Å²) in [5.74, 6) is 0. The van der Waals surface area contributed by atoms with Crippen LogP contribution in [0.2, 0.25) is 0 Å². The van der Waals surface area contributed by atoms with Gasteiger partial charge in [0.05, 0.1) is 6.26 Å². The van der Waals surface area contributed by atoms with E-state index in [1.54, 1.807) is 19.9 Å². The Morgan fingerprint density at radius 2 is 1.69 bits per heavy atom. The minimum absolute atomic E-state index is 0.125. The van der Waals surface area contributed by atoms with Crippen molar-refractivity contribution in [3.8, 4) is 6.01 Å². The summed E-state index contributed by atoms with van der Waals surface area (Å²) in [7, 11) is -3.54. The molecule has 0 aliphatic heterocycles. The highest BCUT2D eigenvalue weighted by molar-refractivity contribution is 7.86. The van der Waals surface area contributed by atoms with E-state index in [1.165, 1.54) is 0 Å². The molecule has 1 rings (SSSR count). The molecule has 0 saturated carbocycles. The van der Waals surface area contributed by atoms with Gasteiger partial charge in [0, 0.05) is 11.4 Å². The molecule has 0 bridgehead atoms. The van der Waals surface area contributed by atoms with E-state index in [0.29, 0.717) is 11.4 Å². The number of aryl methyl sites for hydroxylation is 2. The smallest absolute Gasteiger partial charge is 0.333 e. The van der Waals surface area contributed by atoms with E-state index < -0.39 is 10.1 Å². The number of aromatic nitrogens is 2. The van der Waals surface area contributed by atoms with Crippen LogP contribution in [-0.4, -0.2) is 24.6 Å². The van der Waals surface area contributed by atoms with Crippen LogP contribution in [0.4, 0.5) is 0 Å². The van der Waals surface area contributed by atoms with Gasteiger partial charge in [0.2, 0.25) is 0 Å². The largest absolute Gasteiger partial charge is 0.343 e. The lowest BCUT2D eigenvalue weighted by Gasteiger charge is -2.02. The Morgan fingerprint density at radius 1 is 1.23 bits per heavy atom. The van der Waals surface area contributed by atoms with Crippen LogP contribution < -0.4 is 4.18 Å². The van der Waals surface area contributed by atoms with Gasteiger partial charge in [-0.2, -0.15) is 18.4 Å². The van der Waals surface area contributed by atoms with E-state index in [9.17, 15) is 8.42 Å². The van der Waals surface area contributed by atoms with Crippen molar-refractivity contribution in [3.05, 3.63) is 17.5 Å². The molecule has 0 amide bonds. The third-order valence-electron chi connectivity index (χ3n) is 1.19. The van der Waals surface area contributed by atoms with Crippen molar-refractivity contribution in [2.75, 3.05) is 6.26 Å². The lowest BCUT2D eigenvalue weighted by atomic mass is 10.4. The standard InChI is InChI=1S/C7H10N2O3S/c1-5-4-6(2)9-7(8-5)12-13(3,10)11/h4H,1-3H3. The third kappa shape index (κ3) is 3.37. The van der Waals surface area contributed by atoms with Gasteiger partial charge in [-0.3, -0.25) is 0 Å². The third-order valence-corrected chi connectivity index (χ3v) is 1.64. The van der Waals surface area contributed by atoms with Crippen LogP contribution in [0.15, 0.2) is 6.07 Å². The van der Waals surface area contributed by atoms with E-state index in [1.807, 2.05) is 0 Å². The molecule has 0 N–H and O–H groups in total. The first kappa shape index (κ1) is 9.91. The first-order valence-corrected chi connectivity index (χ1v) is 5.40. The summed E-state index contributed by atoms with van der Waals surface area (Å²) in [5, 5.41) is 0. The number of nitrogens with zero attached hydrogens (tertiary/aromatic N) is 2. The zero-order valence-corrected chi connectivity index (χ0v) is 8.42. The zero-order valence-electron chi connectivity index (χ0n) is 7.60. The second-order valence-corrected chi connectivity index (χ2v) is 4.30. The lowest BCUT2D eigenvalue weighted by Crippen LogP contribution is -2.09. The fourth-order valence-electron chi connectivity index (χ4n) is 0.866. The molecular weight excluding hydrogens is 192 g/mol. The summed E-state index contributed by atoms with van der Waals surface area (Å²) in [6.07, 6.45) is 0.952. The average molecular weight is 202 g/mol. The lowest BCUT2D eigenvalue weighted by molar-refractivity contribution is 0.468. The fraction of sp³-hybridized carbons (Fsp3) is 0.429. The van der Waals surface area contributed by atoms with E-state index >= 15 is 0 Å². The maximum Gasteiger partial charge on any atom is 0.333 e. The Hall–Kier alpha value is -1.17. The molecule has 0 unspecified atom stereocenters. The molecule has 1 aromatic heterocycles. The van der Waals surface area contributed by atoms with Crippen LogP contribution in [0.1, 0.15) is 11.4 Å². The van der Waals surface area contributed by atoms with Gasteiger partial charge >= 0.3 is 16.1 Å². The summed E-state index contributed by atoms with van der Waals surface area (Å²) in [6, 6.07) is 1.61. The molecule has 0 aliphatic rings. The maximum atomic E-state index is 10.7. The van der Waals surface area contributed by atoms with Gasteiger partial charge in [-0.1, -0.05) is 0 Å². The van der Waals surface area contributed by atoms with Crippen LogP contribution in [0.3, 0.4) is 0 Å². The van der Waals surface area contributed by atoms with Gasteiger partial charge in [0.25, 0.3) is 0 Å². The molecule has 0 aliphatic carbocycles. The predicted molar refractivity (Wildman–Crippen MR) is 47.0 cm³/mol. The molecule has 1 heterocycles. The molecule has 5 nitrogen and oxygen atoms in total. The zero-order chi connectivity index (χ0) is 10.1. The predicted octanol–water partition coefficient (Wildman–Crippen LogP) is 0.432. The van der Waals surface area contributed by atoms with E-state index in [-0.39, 0.29) is 6.01 Å². The van der Waals surface area contributed by atoms with Crippen molar-refractivity contribution in [1.29, 1.82) is 0 Å². The summed E-state index contributed by atoms with van der Waals surface area (Å²) >= 11 is 0. The molecule has 6 heteroatoms. The second-order valence-electron chi connectivity index (χ2n) is 2.72. The van der Waals surface area contributed by atoms with Crippen LogP contribution in [0.25, 0.3) is 0 Å². The summed E-state index contributed by atoms with van der Waals surface area (Å²) in [4.78, 5) is 7.61. The van der Waals surface area contributed by atoms with Crippen molar-refractivity contribution in [1.82, 2.24) is 9.97 Å². The average Bonchev–Trinajstić information content (AvgIpc) is 1.78. The molecule has 13 heavy (non-hydrogen) atoms. The van der Waals surface area contributed by atoms with Gasteiger partial charge < -0.3 is 4.18 Å². The van der Waals surface area contributed by atoms with Gasteiger partial charge in [-0.15, -0.1) is 0 Å². The molecular formula is C7H10N2O3S. The van der Waals surface area contributed by atoms with E-state index in [0.717, 1.165) is 6.26 Å². The summed E-state index contributed by atoms with van der Waals surface area (Å²) in [5.41, 5.74) is 1.34. The Labute approximate surface area is 76.9 Å². The SMILES string of the molecule is Cc1cc(C)nc(OS(C)(=O)=O)n1. The molecule has 0 spiro atoms. The minimum Gasteiger partial charge on any atom is -0.343 e. The van der Waals surface area contributed by atoms with Crippen LogP contribution in [-0.2, 0) is 10.1 Å². The van der Waals surface area contributed by atoms with Crippen LogP contribution in [0, 0.1) is 13.8 Å². The monoisotopic (exact) mass is 202 g/mol. The summed E-state index contributed by atoms with van der Waals surface area (Å²) < 4.78 is 26.0. The Kier molecular flexibility index (Phi) is 2.51. The molecule has 1 aromatic rings. The Morgan fingerprint density at radius 3 is 2.08 bits per heavy atom. The molecule has 0 fully saturated rings. The van der Waals surface area contributed by atoms with Crippen molar-refractivity contribution in [3.63, 3.8) is 0 Å².